The van der Waals surface area contributed by atoms with Crippen molar-refractivity contribution in [1.29, 1.82) is 0 Å². The van der Waals surface area contributed by atoms with E-state index >= 15 is 0 Å². The molecule has 228 valence electrons. The van der Waals surface area contributed by atoms with Gasteiger partial charge in [0.05, 0.1) is 22.4 Å². The Morgan fingerprint density at radius 3 is 1.35 bits per heavy atom. The molecule has 0 spiro atoms. The number of para-hydroxylation sites is 1. The van der Waals surface area contributed by atoms with Crippen LogP contribution in [-0.2, 0) is 0 Å². The Morgan fingerprint density at radius 2 is 0.776 bits per heavy atom. The van der Waals surface area contributed by atoms with Crippen molar-refractivity contribution in [3.05, 3.63) is 176 Å². The molecule has 0 fully saturated rings. The largest absolute Gasteiger partial charge is 0.309 e. The van der Waals surface area contributed by atoms with Gasteiger partial charge in [0, 0.05) is 33.2 Å². The molecule has 3 nitrogen and oxygen atoms in total. The maximum absolute atomic E-state index is 5.06. The minimum atomic E-state index is 0.707. The smallest absolute Gasteiger partial charge is 0.160 e. The van der Waals surface area contributed by atoms with Crippen LogP contribution in [0.25, 0.3) is 93.7 Å². The van der Waals surface area contributed by atoms with Crippen molar-refractivity contribution in [3.63, 3.8) is 0 Å². The van der Waals surface area contributed by atoms with E-state index in [0.29, 0.717) is 5.82 Å². The first kappa shape index (κ1) is 27.5. The minimum Gasteiger partial charge on any atom is -0.309 e. The van der Waals surface area contributed by atoms with E-state index < -0.39 is 0 Å². The Labute approximate surface area is 283 Å². The highest BCUT2D eigenvalue weighted by Gasteiger charge is 2.17. The van der Waals surface area contributed by atoms with Crippen LogP contribution in [0.5, 0.6) is 0 Å². The Morgan fingerprint density at radius 1 is 0.306 bits per heavy atom. The van der Waals surface area contributed by atoms with Gasteiger partial charge in [0.2, 0.25) is 0 Å². The third-order valence-corrected chi connectivity index (χ3v) is 9.79. The molecular formula is C46H29N3. The number of benzene rings is 8. The van der Waals surface area contributed by atoms with Crippen LogP contribution in [0.4, 0.5) is 0 Å². The van der Waals surface area contributed by atoms with Gasteiger partial charge in [0.25, 0.3) is 0 Å². The standard InChI is InChI=1S/C46H29N3/c1-3-13-30(14-4-1)42-29-43(31-15-5-2-6-16-31)48-46(47-42)32-23-25-33(26-24-32)49-44-22-12-11-21-38(44)41-27-39-36-19-9-7-17-34(36)35-18-8-10-20-37(35)40(39)28-45(41)49/h1-29H. The second-order valence-corrected chi connectivity index (χ2v) is 12.6. The Bertz CT molecular complexity index is 2790. The summed E-state index contributed by atoms with van der Waals surface area (Å²) in [5, 5.41) is 10.2. The fourth-order valence-corrected chi connectivity index (χ4v) is 7.49. The summed E-state index contributed by atoms with van der Waals surface area (Å²) in [4.78, 5) is 10.1. The summed E-state index contributed by atoms with van der Waals surface area (Å²) in [6, 6.07) is 62.5. The van der Waals surface area contributed by atoms with Crippen molar-refractivity contribution in [2.24, 2.45) is 0 Å². The molecule has 0 bridgehead atoms. The van der Waals surface area contributed by atoms with Gasteiger partial charge in [0.1, 0.15) is 0 Å². The van der Waals surface area contributed by atoms with E-state index in [0.717, 1.165) is 33.8 Å². The normalized spacial score (nSPS) is 11.7. The van der Waals surface area contributed by atoms with Gasteiger partial charge in [-0.2, -0.15) is 0 Å². The van der Waals surface area contributed by atoms with E-state index in [2.05, 4.69) is 144 Å². The van der Waals surface area contributed by atoms with Crippen LogP contribution in [0.3, 0.4) is 0 Å². The molecule has 10 aromatic rings. The van der Waals surface area contributed by atoms with Crippen molar-refractivity contribution in [3.8, 4) is 39.6 Å². The molecule has 0 radical (unpaired) electrons. The zero-order valence-corrected chi connectivity index (χ0v) is 26.6. The molecule has 2 heterocycles. The summed E-state index contributed by atoms with van der Waals surface area (Å²) >= 11 is 0. The fraction of sp³-hybridized carbons (Fsp3) is 0. The highest BCUT2D eigenvalue weighted by Crippen LogP contribution is 2.41. The van der Waals surface area contributed by atoms with E-state index in [1.807, 2.05) is 36.4 Å². The summed E-state index contributed by atoms with van der Waals surface area (Å²) in [5.74, 6) is 0.707. The van der Waals surface area contributed by atoms with Crippen LogP contribution in [0.2, 0.25) is 0 Å². The van der Waals surface area contributed by atoms with Gasteiger partial charge >= 0.3 is 0 Å². The van der Waals surface area contributed by atoms with Crippen LogP contribution in [0.15, 0.2) is 176 Å². The van der Waals surface area contributed by atoms with E-state index in [4.69, 9.17) is 9.97 Å². The number of rotatable bonds is 4. The first-order valence-electron chi connectivity index (χ1n) is 16.7. The van der Waals surface area contributed by atoms with Gasteiger partial charge in [-0.25, -0.2) is 9.97 Å². The first-order chi connectivity index (χ1) is 24.3. The predicted octanol–water partition coefficient (Wildman–Crippen LogP) is 12.0. The SMILES string of the molecule is c1ccc(-c2cc(-c3ccccc3)nc(-c3ccc(-n4c5ccccc5c5cc6c7ccccc7c7ccccc7c6cc54)cc3)n2)cc1. The van der Waals surface area contributed by atoms with E-state index in [-0.39, 0.29) is 0 Å². The molecule has 0 aliphatic carbocycles. The topological polar surface area (TPSA) is 30.7 Å². The quantitative estimate of drug-likeness (QED) is 0.183. The van der Waals surface area contributed by atoms with Crippen molar-refractivity contribution in [2.75, 3.05) is 0 Å². The minimum absolute atomic E-state index is 0.707. The van der Waals surface area contributed by atoms with Crippen LogP contribution in [0, 0.1) is 0 Å². The van der Waals surface area contributed by atoms with Crippen LogP contribution < -0.4 is 0 Å². The Balaban J connectivity index is 1.18. The third-order valence-electron chi connectivity index (χ3n) is 9.79. The Kier molecular flexibility index (Phi) is 6.18. The molecule has 0 saturated carbocycles. The van der Waals surface area contributed by atoms with Gasteiger partial charge in [-0.15, -0.1) is 0 Å². The molecule has 0 aliphatic rings. The molecule has 0 N–H and O–H groups in total. The predicted molar refractivity (Wildman–Crippen MR) is 205 cm³/mol. The zero-order valence-electron chi connectivity index (χ0n) is 26.6. The number of hydrogen-bond donors (Lipinski definition) is 0. The molecular weight excluding hydrogens is 595 g/mol. The van der Waals surface area contributed by atoms with Crippen molar-refractivity contribution >= 4 is 54.1 Å². The highest BCUT2D eigenvalue weighted by molar-refractivity contribution is 6.28. The van der Waals surface area contributed by atoms with E-state index in [1.54, 1.807) is 0 Å². The lowest BCUT2D eigenvalue weighted by Gasteiger charge is -2.13. The van der Waals surface area contributed by atoms with Crippen LogP contribution in [0.1, 0.15) is 0 Å². The maximum atomic E-state index is 5.06. The molecule has 0 amide bonds. The van der Waals surface area contributed by atoms with Crippen molar-refractivity contribution in [2.45, 2.75) is 0 Å². The van der Waals surface area contributed by atoms with E-state index in [9.17, 15) is 0 Å². The fourth-order valence-electron chi connectivity index (χ4n) is 7.49. The van der Waals surface area contributed by atoms with Gasteiger partial charge < -0.3 is 4.57 Å². The zero-order chi connectivity index (χ0) is 32.3. The monoisotopic (exact) mass is 623 g/mol. The van der Waals surface area contributed by atoms with Crippen molar-refractivity contribution < 1.29 is 0 Å². The van der Waals surface area contributed by atoms with Gasteiger partial charge in [-0.05, 0) is 80.8 Å². The molecule has 0 unspecified atom stereocenters. The summed E-state index contributed by atoms with van der Waals surface area (Å²) in [6.07, 6.45) is 0. The number of hydrogen-bond acceptors (Lipinski definition) is 2. The summed E-state index contributed by atoms with van der Waals surface area (Å²) in [5.41, 5.74) is 8.39. The second-order valence-electron chi connectivity index (χ2n) is 12.6. The first-order valence-corrected chi connectivity index (χ1v) is 16.7. The number of aromatic nitrogens is 3. The average Bonchev–Trinajstić information content (AvgIpc) is 3.51. The average molecular weight is 624 g/mol. The third kappa shape index (κ3) is 4.44. The molecule has 0 aliphatic heterocycles. The molecule has 0 atom stereocenters. The van der Waals surface area contributed by atoms with E-state index in [1.165, 1.54) is 54.1 Å². The lowest BCUT2D eigenvalue weighted by atomic mass is 9.93. The molecule has 3 heteroatoms. The van der Waals surface area contributed by atoms with Gasteiger partial charge in [-0.3, -0.25) is 0 Å². The van der Waals surface area contributed by atoms with Crippen molar-refractivity contribution in [1.82, 2.24) is 14.5 Å². The molecule has 10 rings (SSSR count). The molecule has 2 aromatic heterocycles. The Hall–Kier alpha value is -6.58. The second kappa shape index (κ2) is 11.0. The number of fused-ring (bicyclic) bond motifs is 9. The number of nitrogens with zero attached hydrogens (tertiary/aromatic N) is 3. The van der Waals surface area contributed by atoms with Gasteiger partial charge in [-0.1, -0.05) is 127 Å². The highest BCUT2D eigenvalue weighted by atomic mass is 15.0. The molecule has 0 saturated heterocycles. The molecule has 49 heavy (non-hydrogen) atoms. The lowest BCUT2D eigenvalue weighted by Crippen LogP contribution is -1.97. The van der Waals surface area contributed by atoms with Crippen LogP contribution >= 0.6 is 0 Å². The summed E-state index contributed by atoms with van der Waals surface area (Å²) < 4.78 is 2.40. The summed E-state index contributed by atoms with van der Waals surface area (Å²) in [7, 11) is 0. The maximum Gasteiger partial charge on any atom is 0.160 e. The molecule has 8 aromatic carbocycles. The summed E-state index contributed by atoms with van der Waals surface area (Å²) in [6.45, 7) is 0. The van der Waals surface area contributed by atoms with Crippen LogP contribution in [-0.4, -0.2) is 14.5 Å². The lowest BCUT2D eigenvalue weighted by molar-refractivity contribution is 1.16. The van der Waals surface area contributed by atoms with Gasteiger partial charge in [0.15, 0.2) is 5.82 Å².